The summed E-state index contributed by atoms with van der Waals surface area (Å²) < 4.78 is 39.1. The zero-order valence-electron chi connectivity index (χ0n) is 23.3. The van der Waals surface area contributed by atoms with Crippen LogP contribution in [0.3, 0.4) is 0 Å². The molecule has 36 heavy (non-hydrogen) atoms. The number of hydrogen-bond donors (Lipinski definition) is 0. The monoisotopic (exact) mass is 535 g/mol. The van der Waals surface area contributed by atoms with Gasteiger partial charge in [0.15, 0.2) is 0 Å². The standard InChI is InChI=1S/C26H50NO8P/c1-7-11-13-15-18-27(19-16-14-12-8-2)20-17-25(28)31-21-24(22-32-26(29)23(5)6)35-36(30,33-9-3)34-10-4/h24H,5,7-22H2,1-4,6H3. The number of hydrogen-bond acceptors (Lipinski definition) is 9. The van der Waals surface area contributed by atoms with E-state index in [0.29, 0.717) is 6.54 Å². The van der Waals surface area contributed by atoms with E-state index >= 15 is 0 Å². The highest BCUT2D eigenvalue weighted by molar-refractivity contribution is 7.48. The highest BCUT2D eigenvalue weighted by Crippen LogP contribution is 2.50. The van der Waals surface area contributed by atoms with Crippen LogP contribution in [0.2, 0.25) is 0 Å². The number of esters is 2. The van der Waals surface area contributed by atoms with E-state index < -0.39 is 25.9 Å². The average molecular weight is 536 g/mol. The Balaban J connectivity index is 4.92. The normalized spacial score (nSPS) is 12.5. The molecular weight excluding hydrogens is 485 g/mol. The predicted octanol–water partition coefficient (Wildman–Crippen LogP) is 6.07. The van der Waals surface area contributed by atoms with Crippen molar-refractivity contribution in [2.75, 3.05) is 46.1 Å². The van der Waals surface area contributed by atoms with E-state index in [9.17, 15) is 14.2 Å². The van der Waals surface area contributed by atoms with Gasteiger partial charge in [-0.05, 0) is 46.7 Å². The van der Waals surface area contributed by atoms with Crippen molar-refractivity contribution in [1.29, 1.82) is 0 Å². The molecule has 0 fully saturated rings. The van der Waals surface area contributed by atoms with Gasteiger partial charge in [-0.3, -0.25) is 18.4 Å². The zero-order chi connectivity index (χ0) is 27.2. The molecule has 0 rings (SSSR count). The van der Waals surface area contributed by atoms with Gasteiger partial charge in [0.25, 0.3) is 0 Å². The molecule has 0 saturated carbocycles. The lowest BCUT2D eigenvalue weighted by molar-refractivity contribution is -0.150. The van der Waals surface area contributed by atoms with E-state index in [-0.39, 0.29) is 38.4 Å². The van der Waals surface area contributed by atoms with Crippen LogP contribution < -0.4 is 0 Å². The second kappa shape index (κ2) is 21.8. The van der Waals surface area contributed by atoms with Crippen molar-refractivity contribution in [3.63, 3.8) is 0 Å². The maximum absolute atomic E-state index is 12.8. The van der Waals surface area contributed by atoms with Gasteiger partial charge in [0.05, 0.1) is 19.6 Å². The summed E-state index contributed by atoms with van der Waals surface area (Å²) in [6.45, 7) is 14.9. The summed E-state index contributed by atoms with van der Waals surface area (Å²) in [5.41, 5.74) is 0.210. The molecule has 0 aromatic carbocycles. The summed E-state index contributed by atoms with van der Waals surface area (Å²) in [5, 5.41) is 0. The fourth-order valence-electron chi connectivity index (χ4n) is 3.36. The lowest BCUT2D eigenvalue weighted by Crippen LogP contribution is -2.31. The number of phosphoric ester groups is 1. The molecular formula is C26H50NO8P. The van der Waals surface area contributed by atoms with Crippen LogP contribution in [0.15, 0.2) is 12.2 Å². The van der Waals surface area contributed by atoms with Gasteiger partial charge in [0.2, 0.25) is 0 Å². The van der Waals surface area contributed by atoms with Crippen molar-refractivity contribution in [1.82, 2.24) is 4.90 Å². The minimum Gasteiger partial charge on any atom is -0.463 e. The molecule has 0 amide bonds. The molecule has 0 spiro atoms. The molecule has 0 saturated heterocycles. The molecule has 0 radical (unpaired) electrons. The molecule has 0 heterocycles. The number of carbonyl (C=O) groups excluding carboxylic acids is 2. The fourth-order valence-corrected chi connectivity index (χ4v) is 4.68. The number of ether oxygens (including phenoxy) is 2. The van der Waals surface area contributed by atoms with Crippen LogP contribution in [0, 0.1) is 0 Å². The van der Waals surface area contributed by atoms with Crippen molar-refractivity contribution in [3.8, 4) is 0 Å². The van der Waals surface area contributed by atoms with Crippen LogP contribution in [0.25, 0.3) is 0 Å². The first-order valence-electron chi connectivity index (χ1n) is 13.5. The Morgan fingerprint density at radius 1 is 0.806 bits per heavy atom. The van der Waals surface area contributed by atoms with E-state index in [1.807, 2.05) is 0 Å². The van der Waals surface area contributed by atoms with Crippen molar-refractivity contribution in [2.24, 2.45) is 0 Å². The summed E-state index contributed by atoms with van der Waals surface area (Å²) in [5.74, 6) is -1.02. The Kier molecular flexibility index (Phi) is 21.0. The van der Waals surface area contributed by atoms with Crippen LogP contribution in [-0.2, 0) is 37.2 Å². The van der Waals surface area contributed by atoms with Crippen LogP contribution in [-0.4, -0.2) is 69.0 Å². The van der Waals surface area contributed by atoms with Gasteiger partial charge in [-0.1, -0.05) is 59.0 Å². The molecule has 0 aliphatic carbocycles. The molecule has 0 bridgehead atoms. The number of rotatable bonds is 24. The largest absolute Gasteiger partial charge is 0.475 e. The van der Waals surface area contributed by atoms with E-state index in [2.05, 4.69) is 25.3 Å². The summed E-state index contributed by atoms with van der Waals surface area (Å²) in [7, 11) is -3.90. The maximum atomic E-state index is 12.8. The molecule has 1 unspecified atom stereocenters. The van der Waals surface area contributed by atoms with Gasteiger partial charge in [-0.25, -0.2) is 9.36 Å². The van der Waals surface area contributed by atoms with Gasteiger partial charge in [0, 0.05) is 12.1 Å². The zero-order valence-corrected chi connectivity index (χ0v) is 24.2. The van der Waals surface area contributed by atoms with Gasteiger partial charge in [-0.15, -0.1) is 0 Å². The first-order valence-corrected chi connectivity index (χ1v) is 14.9. The minimum atomic E-state index is -3.90. The summed E-state index contributed by atoms with van der Waals surface area (Å²) in [6, 6.07) is 0. The quantitative estimate of drug-likeness (QED) is 0.0631. The second-order valence-electron chi connectivity index (χ2n) is 8.78. The Bertz CT molecular complexity index is 636. The number of phosphoric acid groups is 1. The third-order valence-electron chi connectivity index (χ3n) is 5.32. The molecule has 0 aromatic heterocycles. The molecule has 0 aromatic rings. The number of nitrogens with zero attached hydrogens (tertiary/aromatic N) is 1. The Morgan fingerprint density at radius 3 is 1.81 bits per heavy atom. The molecule has 0 aliphatic rings. The molecule has 212 valence electrons. The Hall–Kier alpha value is -1.25. The third kappa shape index (κ3) is 18.1. The highest BCUT2D eigenvalue weighted by Gasteiger charge is 2.31. The van der Waals surface area contributed by atoms with Crippen LogP contribution in [0.4, 0.5) is 0 Å². The first-order chi connectivity index (χ1) is 17.2. The van der Waals surface area contributed by atoms with Crippen LogP contribution >= 0.6 is 7.82 Å². The van der Waals surface area contributed by atoms with E-state index in [4.69, 9.17) is 23.0 Å². The van der Waals surface area contributed by atoms with Gasteiger partial charge in [0.1, 0.15) is 19.3 Å². The summed E-state index contributed by atoms with van der Waals surface area (Å²) in [6.07, 6.45) is 8.64. The molecule has 0 aliphatic heterocycles. The SMILES string of the molecule is C=C(C)C(=O)OCC(COC(=O)CCN(CCCCCC)CCCCCC)OP(=O)(OCC)OCC. The molecule has 0 N–H and O–H groups in total. The average Bonchev–Trinajstić information content (AvgIpc) is 2.83. The van der Waals surface area contributed by atoms with E-state index in [1.54, 1.807) is 13.8 Å². The lowest BCUT2D eigenvalue weighted by atomic mass is 10.1. The van der Waals surface area contributed by atoms with Crippen molar-refractivity contribution in [2.45, 2.75) is 98.5 Å². The fraction of sp³-hybridized carbons (Fsp3) is 0.846. The molecule has 1 atom stereocenters. The predicted molar refractivity (Wildman–Crippen MR) is 142 cm³/mol. The smallest absolute Gasteiger partial charge is 0.463 e. The van der Waals surface area contributed by atoms with E-state index in [1.165, 1.54) is 45.4 Å². The van der Waals surface area contributed by atoms with Gasteiger partial charge < -0.3 is 14.4 Å². The van der Waals surface area contributed by atoms with Crippen molar-refractivity contribution < 1.29 is 37.2 Å². The highest BCUT2D eigenvalue weighted by atomic mass is 31.2. The Morgan fingerprint density at radius 2 is 1.33 bits per heavy atom. The Labute approximate surface area is 218 Å². The van der Waals surface area contributed by atoms with Gasteiger partial charge in [-0.2, -0.15) is 0 Å². The van der Waals surface area contributed by atoms with Crippen molar-refractivity contribution >= 4 is 19.8 Å². The second-order valence-corrected chi connectivity index (χ2v) is 10.4. The summed E-state index contributed by atoms with van der Waals surface area (Å²) >= 11 is 0. The molecule has 10 heteroatoms. The number of carbonyl (C=O) groups is 2. The first kappa shape index (κ1) is 34.8. The van der Waals surface area contributed by atoms with Crippen molar-refractivity contribution in [3.05, 3.63) is 12.2 Å². The van der Waals surface area contributed by atoms with Crippen LogP contribution in [0.5, 0.6) is 0 Å². The third-order valence-corrected chi connectivity index (χ3v) is 7.02. The number of unbranched alkanes of at least 4 members (excludes halogenated alkanes) is 6. The maximum Gasteiger partial charge on any atom is 0.475 e. The van der Waals surface area contributed by atoms with Gasteiger partial charge >= 0.3 is 19.8 Å². The minimum absolute atomic E-state index is 0.0989. The van der Waals surface area contributed by atoms with E-state index in [0.717, 1.165) is 25.9 Å². The molecule has 9 nitrogen and oxygen atoms in total. The lowest BCUT2D eigenvalue weighted by Gasteiger charge is -2.24. The summed E-state index contributed by atoms with van der Waals surface area (Å²) in [4.78, 5) is 26.6. The topological polar surface area (TPSA) is 101 Å². The van der Waals surface area contributed by atoms with Crippen LogP contribution in [0.1, 0.15) is 92.4 Å².